The summed E-state index contributed by atoms with van der Waals surface area (Å²) in [6, 6.07) is 19.3. The van der Waals surface area contributed by atoms with Crippen LogP contribution in [0.4, 0.5) is 0 Å². The highest BCUT2D eigenvalue weighted by atomic mass is 16.5. The molecule has 0 bridgehead atoms. The lowest BCUT2D eigenvalue weighted by molar-refractivity contribution is -0.117. The van der Waals surface area contributed by atoms with Crippen LogP contribution in [-0.2, 0) is 9.53 Å². The van der Waals surface area contributed by atoms with Crippen molar-refractivity contribution in [1.82, 2.24) is 15.1 Å². The normalized spacial score (nSPS) is 15.8. The molecule has 0 aliphatic carbocycles. The van der Waals surface area contributed by atoms with Crippen LogP contribution in [0.2, 0.25) is 0 Å². The maximum Gasteiger partial charge on any atom is 0.262 e. The number of benzene rings is 2. The summed E-state index contributed by atoms with van der Waals surface area (Å²) in [5, 5.41) is 17.3. The number of rotatable bonds is 8. The molecule has 0 radical (unpaired) electrons. The first kappa shape index (κ1) is 22.3. The van der Waals surface area contributed by atoms with Gasteiger partial charge >= 0.3 is 0 Å². The first-order valence-electron chi connectivity index (χ1n) is 11.1. The largest absolute Gasteiger partial charge is 0.494 e. The fraction of sp³-hybridized carbons (Fsp3) is 0.269. The van der Waals surface area contributed by atoms with E-state index in [4.69, 9.17) is 14.6 Å². The van der Waals surface area contributed by atoms with E-state index in [9.17, 15) is 10.1 Å². The van der Waals surface area contributed by atoms with Crippen molar-refractivity contribution in [2.45, 2.75) is 25.9 Å². The van der Waals surface area contributed by atoms with E-state index in [1.54, 1.807) is 10.8 Å². The minimum atomic E-state index is -0.422. The molecular weight excluding hydrogens is 416 g/mol. The number of hydrogen-bond donors (Lipinski definition) is 1. The highest BCUT2D eigenvalue weighted by molar-refractivity contribution is 6.02. The highest BCUT2D eigenvalue weighted by Crippen LogP contribution is 2.28. The second-order valence-corrected chi connectivity index (χ2v) is 7.69. The van der Waals surface area contributed by atoms with Gasteiger partial charge in [-0.3, -0.25) is 4.79 Å². The van der Waals surface area contributed by atoms with Gasteiger partial charge in [-0.1, -0.05) is 30.3 Å². The molecule has 1 aliphatic rings. The summed E-state index contributed by atoms with van der Waals surface area (Å²) < 4.78 is 12.9. The maximum atomic E-state index is 12.7. The molecule has 1 atom stereocenters. The summed E-state index contributed by atoms with van der Waals surface area (Å²) in [4.78, 5) is 12.7. The average Bonchev–Trinajstić information content (AvgIpc) is 3.52. The molecular formula is C26H26N4O3. The molecule has 2 aromatic carbocycles. The van der Waals surface area contributed by atoms with Gasteiger partial charge < -0.3 is 14.8 Å². The Morgan fingerprint density at radius 1 is 1.30 bits per heavy atom. The molecule has 168 valence electrons. The van der Waals surface area contributed by atoms with Crippen LogP contribution in [0, 0.1) is 11.3 Å². The van der Waals surface area contributed by atoms with Gasteiger partial charge in [0.05, 0.1) is 18.4 Å². The van der Waals surface area contributed by atoms with Crippen LogP contribution >= 0.6 is 0 Å². The number of nitrogens with zero attached hydrogens (tertiary/aromatic N) is 3. The molecule has 1 amide bonds. The second-order valence-electron chi connectivity index (χ2n) is 7.69. The SMILES string of the molecule is CCOc1cccc(-c2nn(-c3ccccc3)cc2C=C(C#N)C(=O)NCC2CCCO2)c1. The molecule has 7 heteroatoms. The number of carbonyl (C=O) groups excluding carboxylic acids is 1. The number of amides is 1. The Kier molecular flexibility index (Phi) is 7.18. The Balaban J connectivity index is 1.69. The van der Waals surface area contributed by atoms with Crippen molar-refractivity contribution in [2.75, 3.05) is 19.8 Å². The molecule has 33 heavy (non-hydrogen) atoms. The maximum absolute atomic E-state index is 12.7. The first-order valence-corrected chi connectivity index (χ1v) is 11.1. The van der Waals surface area contributed by atoms with E-state index >= 15 is 0 Å². The van der Waals surface area contributed by atoms with Gasteiger partial charge in [0.15, 0.2) is 0 Å². The molecule has 0 spiro atoms. The third-order valence-corrected chi connectivity index (χ3v) is 5.36. The van der Waals surface area contributed by atoms with Crippen LogP contribution in [-0.4, -0.2) is 41.6 Å². The number of hydrogen-bond acceptors (Lipinski definition) is 5. The van der Waals surface area contributed by atoms with Gasteiger partial charge in [-0.15, -0.1) is 0 Å². The Labute approximate surface area is 193 Å². The first-order chi connectivity index (χ1) is 16.2. The number of aromatic nitrogens is 2. The summed E-state index contributed by atoms with van der Waals surface area (Å²) in [5.41, 5.74) is 3.04. The van der Waals surface area contributed by atoms with Gasteiger partial charge in [-0.2, -0.15) is 10.4 Å². The smallest absolute Gasteiger partial charge is 0.262 e. The third kappa shape index (κ3) is 5.48. The quantitative estimate of drug-likeness (QED) is 0.418. The van der Waals surface area contributed by atoms with Gasteiger partial charge in [0, 0.05) is 30.5 Å². The van der Waals surface area contributed by atoms with Crippen LogP contribution in [0.3, 0.4) is 0 Å². The number of carbonyl (C=O) groups is 1. The van der Waals surface area contributed by atoms with E-state index in [1.165, 1.54) is 0 Å². The third-order valence-electron chi connectivity index (χ3n) is 5.36. The Morgan fingerprint density at radius 2 is 2.15 bits per heavy atom. The van der Waals surface area contributed by atoms with Crippen molar-refractivity contribution in [3.63, 3.8) is 0 Å². The van der Waals surface area contributed by atoms with Crippen LogP contribution in [0.1, 0.15) is 25.3 Å². The minimum Gasteiger partial charge on any atom is -0.494 e. The Bertz CT molecular complexity index is 1170. The van der Waals surface area contributed by atoms with Crippen LogP contribution in [0.15, 0.2) is 66.4 Å². The topological polar surface area (TPSA) is 89.2 Å². The number of nitrogens with one attached hydrogen (secondary N) is 1. The summed E-state index contributed by atoms with van der Waals surface area (Å²) >= 11 is 0. The van der Waals surface area contributed by atoms with Crippen molar-refractivity contribution in [3.05, 3.63) is 71.9 Å². The van der Waals surface area contributed by atoms with Crippen LogP contribution in [0.5, 0.6) is 5.75 Å². The van der Waals surface area contributed by atoms with Gasteiger partial charge in [0.25, 0.3) is 5.91 Å². The minimum absolute atomic E-state index is 0.00610. The van der Waals surface area contributed by atoms with Gasteiger partial charge in [-0.05, 0) is 50.1 Å². The predicted octanol–water partition coefficient (Wildman–Crippen LogP) is 4.14. The lowest BCUT2D eigenvalue weighted by Gasteiger charge is -2.10. The van der Waals surface area contributed by atoms with E-state index in [2.05, 4.69) is 5.32 Å². The number of nitriles is 1. The molecule has 1 fully saturated rings. The zero-order valence-electron chi connectivity index (χ0n) is 18.5. The van der Waals surface area contributed by atoms with E-state index in [0.29, 0.717) is 31.0 Å². The molecule has 3 aromatic rings. The Morgan fingerprint density at radius 3 is 2.88 bits per heavy atom. The van der Waals surface area contributed by atoms with Crippen molar-refractivity contribution in [2.24, 2.45) is 0 Å². The van der Waals surface area contributed by atoms with Gasteiger partial charge in [0.2, 0.25) is 0 Å². The molecule has 1 aromatic heterocycles. The predicted molar refractivity (Wildman–Crippen MR) is 126 cm³/mol. The van der Waals surface area contributed by atoms with Crippen molar-refractivity contribution < 1.29 is 14.3 Å². The molecule has 1 aliphatic heterocycles. The second kappa shape index (κ2) is 10.6. The standard InChI is InChI=1S/C26H26N4O3/c1-2-32-23-11-6-8-19(15-23)25-21(18-30(29-25)22-9-4-3-5-10-22)14-20(16-27)26(31)28-17-24-12-7-13-33-24/h3-6,8-11,14-15,18,24H,2,7,12-13,17H2,1H3,(H,28,31). The van der Waals surface area contributed by atoms with Crippen LogP contribution < -0.4 is 10.1 Å². The number of ether oxygens (including phenoxy) is 2. The molecule has 1 unspecified atom stereocenters. The average molecular weight is 443 g/mol. The summed E-state index contributed by atoms with van der Waals surface area (Å²) in [5.74, 6) is 0.309. The molecule has 1 N–H and O–H groups in total. The van der Waals surface area contributed by atoms with Gasteiger partial charge in [-0.25, -0.2) is 4.68 Å². The molecule has 4 rings (SSSR count). The summed E-state index contributed by atoms with van der Waals surface area (Å²) in [7, 11) is 0. The highest BCUT2D eigenvalue weighted by Gasteiger charge is 2.19. The van der Waals surface area contributed by atoms with Crippen molar-refractivity contribution >= 4 is 12.0 Å². The monoisotopic (exact) mass is 442 g/mol. The summed E-state index contributed by atoms with van der Waals surface area (Å²) in [6.45, 7) is 3.59. The molecule has 1 saturated heterocycles. The van der Waals surface area contributed by atoms with E-state index in [1.807, 2.05) is 73.8 Å². The van der Waals surface area contributed by atoms with Crippen LogP contribution in [0.25, 0.3) is 23.0 Å². The van der Waals surface area contributed by atoms with Gasteiger partial charge in [0.1, 0.15) is 23.1 Å². The zero-order chi connectivity index (χ0) is 23.0. The fourth-order valence-electron chi connectivity index (χ4n) is 3.74. The summed E-state index contributed by atoms with van der Waals surface area (Å²) in [6.07, 6.45) is 5.31. The molecule has 7 nitrogen and oxygen atoms in total. The zero-order valence-corrected chi connectivity index (χ0v) is 18.5. The number of para-hydroxylation sites is 1. The molecule has 0 saturated carbocycles. The van der Waals surface area contributed by atoms with E-state index in [-0.39, 0.29) is 11.7 Å². The Hall–Kier alpha value is -3.89. The lowest BCUT2D eigenvalue weighted by Crippen LogP contribution is -2.32. The fourth-order valence-corrected chi connectivity index (χ4v) is 3.74. The van der Waals surface area contributed by atoms with E-state index < -0.39 is 5.91 Å². The van der Waals surface area contributed by atoms with E-state index in [0.717, 1.165) is 29.8 Å². The lowest BCUT2D eigenvalue weighted by atomic mass is 10.1. The van der Waals surface area contributed by atoms with Crippen molar-refractivity contribution in [3.8, 4) is 28.8 Å². The molecule has 2 heterocycles. The van der Waals surface area contributed by atoms with Crippen molar-refractivity contribution in [1.29, 1.82) is 5.26 Å².